The highest BCUT2D eigenvalue weighted by atomic mass is 19.1. The van der Waals surface area contributed by atoms with Gasteiger partial charge in [0.2, 0.25) is 0 Å². The summed E-state index contributed by atoms with van der Waals surface area (Å²) < 4.78 is 16.8. The van der Waals surface area contributed by atoms with Gasteiger partial charge >= 0.3 is 0 Å². The van der Waals surface area contributed by atoms with E-state index in [0.29, 0.717) is 17.8 Å². The molecule has 0 aliphatic rings. The molecule has 20 heavy (non-hydrogen) atoms. The van der Waals surface area contributed by atoms with Crippen molar-refractivity contribution in [3.63, 3.8) is 0 Å². The SMILES string of the molecule is OCc1ccc(F)c(-n2cc(Cn3cccn3)nn2)c1. The first-order chi connectivity index (χ1) is 9.76. The molecule has 3 aromatic rings. The molecule has 102 valence electrons. The Labute approximate surface area is 114 Å². The first kappa shape index (κ1) is 12.5. The smallest absolute Gasteiger partial charge is 0.148 e. The largest absolute Gasteiger partial charge is 0.392 e. The Hall–Kier alpha value is -2.54. The summed E-state index contributed by atoms with van der Waals surface area (Å²) in [5, 5.41) is 21.1. The molecule has 0 bridgehead atoms. The van der Waals surface area contributed by atoms with E-state index in [0.717, 1.165) is 0 Å². The van der Waals surface area contributed by atoms with Crippen molar-refractivity contribution in [2.45, 2.75) is 13.2 Å². The molecule has 0 atom stereocenters. The monoisotopic (exact) mass is 273 g/mol. The maximum Gasteiger partial charge on any atom is 0.148 e. The lowest BCUT2D eigenvalue weighted by molar-refractivity contribution is 0.281. The molecule has 0 spiro atoms. The lowest BCUT2D eigenvalue weighted by atomic mass is 10.2. The number of hydrogen-bond donors (Lipinski definition) is 1. The highest BCUT2D eigenvalue weighted by molar-refractivity contribution is 5.36. The Morgan fingerprint density at radius 2 is 2.20 bits per heavy atom. The Balaban J connectivity index is 1.89. The maximum absolute atomic E-state index is 13.8. The number of nitrogens with zero attached hydrogens (tertiary/aromatic N) is 5. The standard InChI is InChI=1S/C13H12FN5O/c14-12-3-2-10(9-20)6-13(12)19-8-11(16-17-19)7-18-5-1-4-15-18/h1-6,8,20H,7,9H2. The Morgan fingerprint density at radius 1 is 1.30 bits per heavy atom. The molecule has 0 saturated carbocycles. The van der Waals surface area contributed by atoms with E-state index in [-0.39, 0.29) is 12.3 Å². The number of hydrogen-bond acceptors (Lipinski definition) is 4. The summed E-state index contributed by atoms with van der Waals surface area (Å²) in [4.78, 5) is 0. The van der Waals surface area contributed by atoms with Gasteiger partial charge in [0, 0.05) is 12.4 Å². The highest BCUT2D eigenvalue weighted by Crippen LogP contribution is 2.15. The molecular weight excluding hydrogens is 261 g/mol. The van der Waals surface area contributed by atoms with Crippen molar-refractivity contribution in [2.24, 2.45) is 0 Å². The van der Waals surface area contributed by atoms with E-state index in [1.54, 1.807) is 23.1 Å². The molecule has 0 radical (unpaired) electrons. The summed E-state index contributed by atoms with van der Waals surface area (Å²) in [7, 11) is 0. The van der Waals surface area contributed by atoms with Crippen molar-refractivity contribution in [1.29, 1.82) is 0 Å². The van der Waals surface area contributed by atoms with Crippen LogP contribution in [0.3, 0.4) is 0 Å². The molecule has 0 unspecified atom stereocenters. The van der Waals surface area contributed by atoms with Gasteiger partial charge in [-0.25, -0.2) is 9.07 Å². The number of rotatable bonds is 4. The second-order valence-corrected chi connectivity index (χ2v) is 4.30. The van der Waals surface area contributed by atoms with Gasteiger partial charge in [0.1, 0.15) is 17.2 Å². The highest BCUT2D eigenvalue weighted by Gasteiger charge is 2.09. The van der Waals surface area contributed by atoms with Crippen LogP contribution in [0, 0.1) is 5.82 Å². The molecular formula is C13H12FN5O. The first-order valence-electron chi connectivity index (χ1n) is 6.04. The number of aromatic nitrogens is 5. The molecule has 1 aromatic carbocycles. The third kappa shape index (κ3) is 2.43. The van der Waals surface area contributed by atoms with Crippen molar-refractivity contribution in [3.05, 3.63) is 59.9 Å². The quantitative estimate of drug-likeness (QED) is 0.774. The molecule has 0 aliphatic carbocycles. The van der Waals surface area contributed by atoms with Gasteiger partial charge in [-0.05, 0) is 23.8 Å². The van der Waals surface area contributed by atoms with Crippen molar-refractivity contribution in [1.82, 2.24) is 24.8 Å². The minimum atomic E-state index is -0.419. The summed E-state index contributed by atoms with van der Waals surface area (Å²) in [6, 6.07) is 6.19. The van der Waals surface area contributed by atoms with E-state index >= 15 is 0 Å². The van der Waals surface area contributed by atoms with E-state index in [9.17, 15) is 4.39 Å². The minimum Gasteiger partial charge on any atom is -0.392 e. The van der Waals surface area contributed by atoms with Gasteiger partial charge in [-0.15, -0.1) is 5.10 Å². The average Bonchev–Trinajstić information content (AvgIpc) is 3.12. The zero-order valence-corrected chi connectivity index (χ0v) is 10.5. The van der Waals surface area contributed by atoms with Gasteiger partial charge in [0.15, 0.2) is 0 Å². The summed E-state index contributed by atoms with van der Waals surface area (Å²) in [5.41, 5.74) is 1.55. The van der Waals surface area contributed by atoms with Gasteiger partial charge in [0.25, 0.3) is 0 Å². The molecule has 2 heterocycles. The molecule has 1 N–H and O–H groups in total. The number of aliphatic hydroxyl groups excluding tert-OH is 1. The Morgan fingerprint density at radius 3 is 2.95 bits per heavy atom. The summed E-state index contributed by atoms with van der Waals surface area (Å²) >= 11 is 0. The second kappa shape index (κ2) is 5.22. The number of aliphatic hydroxyl groups is 1. The summed E-state index contributed by atoms with van der Waals surface area (Å²) in [6.07, 6.45) is 5.13. The normalized spacial score (nSPS) is 10.9. The van der Waals surface area contributed by atoms with Crippen LogP contribution < -0.4 is 0 Å². The Bertz CT molecular complexity index is 707. The minimum absolute atomic E-state index is 0.151. The molecule has 6 nitrogen and oxygen atoms in total. The van der Waals surface area contributed by atoms with Crippen LogP contribution in [-0.4, -0.2) is 29.9 Å². The van der Waals surface area contributed by atoms with Crippen LogP contribution in [0.2, 0.25) is 0 Å². The number of benzene rings is 1. The van der Waals surface area contributed by atoms with E-state index < -0.39 is 5.82 Å². The van der Waals surface area contributed by atoms with Gasteiger partial charge in [-0.2, -0.15) is 5.10 Å². The zero-order valence-electron chi connectivity index (χ0n) is 10.5. The molecule has 0 saturated heterocycles. The van der Waals surface area contributed by atoms with Crippen LogP contribution in [0.15, 0.2) is 42.9 Å². The van der Waals surface area contributed by atoms with Crippen molar-refractivity contribution >= 4 is 0 Å². The number of halogens is 1. The molecule has 7 heteroatoms. The fourth-order valence-corrected chi connectivity index (χ4v) is 1.88. The van der Waals surface area contributed by atoms with Crippen molar-refractivity contribution in [2.75, 3.05) is 0 Å². The average molecular weight is 273 g/mol. The van der Waals surface area contributed by atoms with E-state index in [1.165, 1.54) is 16.8 Å². The van der Waals surface area contributed by atoms with Crippen LogP contribution in [0.4, 0.5) is 4.39 Å². The van der Waals surface area contributed by atoms with E-state index in [2.05, 4.69) is 15.4 Å². The van der Waals surface area contributed by atoms with Gasteiger partial charge in [-0.3, -0.25) is 4.68 Å². The summed E-state index contributed by atoms with van der Waals surface area (Å²) in [6.45, 7) is 0.316. The first-order valence-corrected chi connectivity index (χ1v) is 6.04. The lowest BCUT2D eigenvalue weighted by Gasteiger charge is -2.04. The topological polar surface area (TPSA) is 68.8 Å². The third-order valence-corrected chi connectivity index (χ3v) is 2.86. The predicted molar refractivity (Wildman–Crippen MR) is 68.6 cm³/mol. The van der Waals surface area contributed by atoms with Gasteiger partial charge in [0.05, 0.1) is 19.3 Å². The van der Waals surface area contributed by atoms with E-state index in [1.807, 2.05) is 12.3 Å². The molecule has 2 aromatic heterocycles. The summed E-state index contributed by atoms with van der Waals surface area (Å²) in [5.74, 6) is -0.419. The zero-order chi connectivity index (χ0) is 13.9. The van der Waals surface area contributed by atoms with Crippen LogP contribution in [0.1, 0.15) is 11.3 Å². The molecule has 0 fully saturated rings. The maximum atomic E-state index is 13.8. The predicted octanol–water partition coefficient (Wildman–Crippen LogP) is 1.14. The molecule has 0 amide bonds. The van der Waals surface area contributed by atoms with Crippen molar-refractivity contribution in [3.8, 4) is 5.69 Å². The molecule has 3 rings (SSSR count). The van der Waals surface area contributed by atoms with Crippen LogP contribution >= 0.6 is 0 Å². The Kier molecular flexibility index (Phi) is 3.26. The van der Waals surface area contributed by atoms with Gasteiger partial charge < -0.3 is 5.11 Å². The van der Waals surface area contributed by atoms with Gasteiger partial charge in [-0.1, -0.05) is 11.3 Å². The fourth-order valence-electron chi connectivity index (χ4n) is 1.88. The van der Waals surface area contributed by atoms with Crippen LogP contribution in [0.5, 0.6) is 0 Å². The van der Waals surface area contributed by atoms with E-state index in [4.69, 9.17) is 5.11 Å². The lowest BCUT2D eigenvalue weighted by Crippen LogP contribution is -2.01. The second-order valence-electron chi connectivity index (χ2n) is 4.30. The van der Waals surface area contributed by atoms with Crippen molar-refractivity contribution < 1.29 is 9.50 Å². The van der Waals surface area contributed by atoms with Crippen LogP contribution in [-0.2, 0) is 13.2 Å². The van der Waals surface area contributed by atoms with Crippen LogP contribution in [0.25, 0.3) is 5.69 Å². The fraction of sp³-hybridized carbons (Fsp3) is 0.154. The third-order valence-electron chi connectivity index (χ3n) is 2.86. The molecule has 0 aliphatic heterocycles.